The Labute approximate surface area is 128 Å². The van der Waals surface area contributed by atoms with E-state index in [1.807, 2.05) is 0 Å². The van der Waals surface area contributed by atoms with Crippen molar-refractivity contribution in [2.24, 2.45) is 0 Å². The van der Waals surface area contributed by atoms with E-state index >= 15 is 0 Å². The largest absolute Gasteiger partial charge is 0.493 e. The number of rotatable bonds is 6. The van der Waals surface area contributed by atoms with Crippen LogP contribution in [0.5, 0.6) is 17.2 Å². The predicted octanol–water partition coefficient (Wildman–Crippen LogP) is 0.730. The number of β-lactam (4-membered cyclic amide) rings is 1. The zero-order chi connectivity index (χ0) is 16.3. The standard InChI is InChI=1S/C15H18N2O5/c1-5-13(18)16-10-8-17(15(10)19)9-6-11(20-2)14(22-4)12(7-9)21-3/h5-7,10H,1,8H2,2-4H3,(H,16,18)/t10-/m0/s1. The Hall–Kier alpha value is -2.70. The van der Waals surface area contributed by atoms with E-state index in [0.29, 0.717) is 29.5 Å². The number of nitrogens with one attached hydrogen (secondary N) is 1. The van der Waals surface area contributed by atoms with Crippen molar-refractivity contribution >= 4 is 17.5 Å². The van der Waals surface area contributed by atoms with Gasteiger partial charge in [-0.15, -0.1) is 0 Å². The summed E-state index contributed by atoms with van der Waals surface area (Å²) in [5.74, 6) is 0.803. The van der Waals surface area contributed by atoms with Crippen LogP contribution in [-0.2, 0) is 9.59 Å². The molecular weight excluding hydrogens is 288 g/mol. The minimum absolute atomic E-state index is 0.204. The number of ether oxygens (including phenoxy) is 3. The van der Waals surface area contributed by atoms with E-state index < -0.39 is 6.04 Å². The third-order valence-corrected chi connectivity index (χ3v) is 3.39. The molecule has 1 aliphatic rings. The molecule has 0 aliphatic carbocycles. The lowest BCUT2D eigenvalue weighted by molar-refractivity contribution is -0.128. The van der Waals surface area contributed by atoms with Crippen molar-refractivity contribution in [3.63, 3.8) is 0 Å². The number of hydrogen-bond acceptors (Lipinski definition) is 5. The molecule has 2 amide bonds. The van der Waals surface area contributed by atoms with Crippen molar-refractivity contribution < 1.29 is 23.8 Å². The molecule has 0 unspecified atom stereocenters. The lowest BCUT2D eigenvalue weighted by atomic mass is 10.1. The second-order valence-electron chi connectivity index (χ2n) is 4.60. The molecule has 22 heavy (non-hydrogen) atoms. The molecule has 118 valence electrons. The number of carbonyl (C=O) groups is 2. The van der Waals surface area contributed by atoms with E-state index in [0.717, 1.165) is 6.08 Å². The van der Waals surface area contributed by atoms with Gasteiger partial charge in [-0.25, -0.2) is 0 Å². The first-order valence-corrected chi connectivity index (χ1v) is 6.60. The predicted molar refractivity (Wildman–Crippen MR) is 80.6 cm³/mol. The molecule has 1 heterocycles. The van der Waals surface area contributed by atoms with Crippen LogP contribution in [0.3, 0.4) is 0 Å². The zero-order valence-corrected chi connectivity index (χ0v) is 12.7. The Morgan fingerprint density at radius 3 is 2.27 bits per heavy atom. The van der Waals surface area contributed by atoms with Gasteiger partial charge in [0.05, 0.1) is 33.6 Å². The van der Waals surface area contributed by atoms with Crippen LogP contribution >= 0.6 is 0 Å². The van der Waals surface area contributed by atoms with Crippen molar-refractivity contribution in [3.05, 3.63) is 24.8 Å². The highest BCUT2D eigenvalue weighted by molar-refractivity contribution is 6.06. The van der Waals surface area contributed by atoms with Crippen LogP contribution in [0.1, 0.15) is 0 Å². The minimum atomic E-state index is -0.537. The fraction of sp³-hybridized carbons (Fsp3) is 0.333. The summed E-state index contributed by atoms with van der Waals surface area (Å²) in [7, 11) is 4.52. The van der Waals surface area contributed by atoms with Gasteiger partial charge >= 0.3 is 0 Å². The maximum Gasteiger partial charge on any atom is 0.251 e. The second kappa shape index (κ2) is 6.38. The van der Waals surface area contributed by atoms with Gasteiger partial charge in [-0.2, -0.15) is 0 Å². The molecule has 0 radical (unpaired) electrons. The highest BCUT2D eigenvalue weighted by Gasteiger charge is 2.39. The Morgan fingerprint density at radius 2 is 1.86 bits per heavy atom. The van der Waals surface area contributed by atoms with Gasteiger partial charge in [-0.3, -0.25) is 9.59 Å². The van der Waals surface area contributed by atoms with Gasteiger partial charge in [0.2, 0.25) is 11.7 Å². The Morgan fingerprint density at radius 1 is 1.27 bits per heavy atom. The normalized spacial score (nSPS) is 16.6. The highest BCUT2D eigenvalue weighted by Crippen LogP contribution is 2.41. The lowest BCUT2D eigenvalue weighted by Crippen LogP contribution is -2.64. The van der Waals surface area contributed by atoms with Crippen molar-refractivity contribution in [3.8, 4) is 17.2 Å². The number of carbonyl (C=O) groups excluding carboxylic acids is 2. The Kier molecular flexibility index (Phi) is 4.55. The summed E-state index contributed by atoms with van der Waals surface area (Å²) in [6.45, 7) is 3.73. The molecule has 2 rings (SSSR count). The number of amides is 2. The van der Waals surface area contributed by atoms with Crippen LogP contribution in [0.15, 0.2) is 24.8 Å². The average Bonchev–Trinajstić information content (AvgIpc) is 2.55. The number of methoxy groups -OCH3 is 3. The smallest absolute Gasteiger partial charge is 0.251 e. The third kappa shape index (κ3) is 2.69. The van der Waals surface area contributed by atoms with Crippen molar-refractivity contribution in [2.45, 2.75) is 6.04 Å². The molecule has 1 N–H and O–H groups in total. The highest BCUT2D eigenvalue weighted by atomic mass is 16.5. The van der Waals surface area contributed by atoms with Gasteiger partial charge in [-0.1, -0.05) is 6.58 Å². The van der Waals surface area contributed by atoms with E-state index in [-0.39, 0.29) is 11.8 Å². The number of anilines is 1. The van der Waals surface area contributed by atoms with E-state index in [4.69, 9.17) is 14.2 Å². The summed E-state index contributed by atoms with van der Waals surface area (Å²) in [5.41, 5.74) is 0.614. The van der Waals surface area contributed by atoms with Crippen LogP contribution in [0.4, 0.5) is 5.69 Å². The topological polar surface area (TPSA) is 77.1 Å². The van der Waals surface area contributed by atoms with Crippen molar-refractivity contribution in [1.82, 2.24) is 5.32 Å². The molecule has 1 saturated heterocycles. The second-order valence-corrected chi connectivity index (χ2v) is 4.60. The van der Waals surface area contributed by atoms with Crippen LogP contribution in [0, 0.1) is 0 Å². The van der Waals surface area contributed by atoms with Crippen LogP contribution in [0.2, 0.25) is 0 Å². The summed E-state index contributed by atoms with van der Waals surface area (Å²) in [4.78, 5) is 24.9. The number of hydrogen-bond donors (Lipinski definition) is 1. The molecule has 7 nitrogen and oxygen atoms in total. The fourth-order valence-electron chi connectivity index (χ4n) is 2.22. The minimum Gasteiger partial charge on any atom is -0.493 e. The van der Waals surface area contributed by atoms with Gasteiger partial charge in [0.25, 0.3) is 5.91 Å². The first-order valence-electron chi connectivity index (χ1n) is 6.60. The molecule has 0 saturated carbocycles. The third-order valence-electron chi connectivity index (χ3n) is 3.39. The summed E-state index contributed by atoms with van der Waals surface area (Å²) in [6.07, 6.45) is 1.13. The molecule has 1 fully saturated rings. The van der Waals surface area contributed by atoms with Crippen LogP contribution in [0.25, 0.3) is 0 Å². The van der Waals surface area contributed by atoms with Crippen molar-refractivity contribution in [2.75, 3.05) is 32.8 Å². The molecule has 0 spiro atoms. The molecule has 1 aliphatic heterocycles. The summed E-state index contributed by atoms with van der Waals surface area (Å²) in [5, 5.41) is 2.56. The maximum atomic E-state index is 12.1. The van der Waals surface area contributed by atoms with E-state index in [2.05, 4.69) is 11.9 Å². The molecule has 1 atom stereocenters. The average molecular weight is 306 g/mol. The monoisotopic (exact) mass is 306 g/mol. The maximum absolute atomic E-state index is 12.1. The molecule has 0 aromatic heterocycles. The molecule has 1 aromatic rings. The first kappa shape index (κ1) is 15.7. The van der Waals surface area contributed by atoms with Crippen LogP contribution in [-0.4, -0.2) is 45.7 Å². The fourth-order valence-corrected chi connectivity index (χ4v) is 2.22. The van der Waals surface area contributed by atoms with Gasteiger partial charge in [0.15, 0.2) is 11.5 Å². The first-order chi connectivity index (χ1) is 10.5. The van der Waals surface area contributed by atoms with E-state index in [1.54, 1.807) is 12.1 Å². The zero-order valence-electron chi connectivity index (χ0n) is 12.7. The quantitative estimate of drug-likeness (QED) is 0.619. The Bertz CT molecular complexity index is 589. The van der Waals surface area contributed by atoms with Gasteiger partial charge in [0, 0.05) is 12.1 Å². The van der Waals surface area contributed by atoms with E-state index in [9.17, 15) is 9.59 Å². The molecular formula is C15H18N2O5. The summed E-state index contributed by atoms with van der Waals surface area (Å²) >= 11 is 0. The van der Waals surface area contributed by atoms with Gasteiger partial charge in [0.1, 0.15) is 6.04 Å². The van der Waals surface area contributed by atoms with Gasteiger partial charge < -0.3 is 24.4 Å². The Balaban J connectivity index is 2.22. The van der Waals surface area contributed by atoms with Crippen LogP contribution < -0.4 is 24.4 Å². The summed E-state index contributed by atoms with van der Waals surface area (Å²) < 4.78 is 15.8. The molecule has 1 aromatic carbocycles. The number of nitrogens with zero attached hydrogens (tertiary/aromatic N) is 1. The van der Waals surface area contributed by atoms with Gasteiger partial charge in [-0.05, 0) is 6.08 Å². The van der Waals surface area contributed by atoms with Crippen molar-refractivity contribution in [1.29, 1.82) is 0 Å². The SMILES string of the molecule is C=CC(=O)N[C@H]1CN(c2cc(OC)c(OC)c(OC)c2)C1=O. The number of benzene rings is 1. The van der Waals surface area contributed by atoms with E-state index in [1.165, 1.54) is 26.2 Å². The summed E-state index contributed by atoms with van der Waals surface area (Å²) in [6, 6.07) is 2.83. The molecule has 0 bridgehead atoms. The molecule has 7 heteroatoms. The lowest BCUT2D eigenvalue weighted by Gasteiger charge is -2.38.